The van der Waals surface area contributed by atoms with E-state index in [0.717, 1.165) is 0 Å². The topological polar surface area (TPSA) is 434 Å². The summed E-state index contributed by atoms with van der Waals surface area (Å²) in [6.45, 7) is 0. The predicted molar refractivity (Wildman–Crippen MR) is 58.3 cm³/mol. The van der Waals surface area contributed by atoms with Crippen molar-refractivity contribution in [3.63, 3.8) is 0 Å². The second kappa shape index (κ2) is 36.1. The summed E-state index contributed by atoms with van der Waals surface area (Å²) in [6.07, 6.45) is 0. The quantitative estimate of drug-likeness (QED) is 0.295. The first kappa shape index (κ1) is 82.7. The third-order valence-electron chi connectivity index (χ3n) is 0. The summed E-state index contributed by atoms with van der Waals surface area (Å²) in [5.41, 5.74) is 0. The Balaban J connectivity index is -0.00000000758. The molecule has 24 heavy (non-hydrogen) atoms. The van der Waals surface area contributed by atoms with E-state index in [1.54, 1.807) is 0 Å². The summed E-state index contributed by atoms with van der Waals surface area (Å²) in [5, 5.41) is 0. The Hall–Kier alpha value is 2.10. The minimum Gasteiger partial charge on any atom is -0.894 e. The van der Waals surface area contributed by atoms with Gasteiger partial charge in [0.05, 0.1) is 0 Å². The average Bonchev–Trinajstić information content (AvgIpc) is 1.41. The summed E-state index contributed by atoms with van der Waals surface area (Å²) >= 11 is 0. The van der Waals surface area contributed by atoms with Crippen molar-refractivity contribution >= 4 is 96.6 Å². The van der Waals surface area contributed by atoms with Gasteiger partial charge in [-0.15, -0.1) is 0 Å². The third-order valence-corrected chi connectivity index (χ3v) is 0. The third kappa shape index (κ3) is 2910. The Morgan fingerprint density at radius 2 is 0.250 bits per heavy atom. The molecule has 136 valence electrons. The molecule has 0 aliphatic heterocycles. The average molecular weight is 474 g/mol. The first-order valence-electron chi connectivity index (χ1n) is 2.45. The second-order valence-electron chi connectivity index (χ2n) is 1.50. The summed E-state index contributed by atoms with van der Waals surface area (Å²) in [4.78, 5) is 103. The van der Waals surface area contributed by atoms with Crippen molar-refractivity contribution in [3.8, 4) is 0 Å². The molecule has 0 saturated heterocycles. The van der Waals surface area contributed by atoms with E-state index >= 15 is 0 Å². The fourth-order valence-electron chi connectivity index (χ4n) is 0. The number of rotatable bonds is 0. The van der Waals surface area contributed by atoms with Gasteiger partial charge in [0, 0.05) is 0 Å². The van der Waals surface area contributed by atoms with Gasteiger partial charge in [0.25, 0.3) is 0 Å². The van der Waals surface area contributed by atoms with Crippen LogP contribution in [0, 0.1) is 0 Å². The van der Waals surface area contributed by atoms with Gasteiger partial charge in [-0.2, -0.15) is 0 Å². The van der Waals surface area contributed by atoms with Crippen molar-refractivity contribution in [2.75, 3.05) is 0 Å². The van der Waals surface area contributed by atoms with Gasteiger partial charge in [0.15, 0.2) is 0 Å². The van der Waals surface area contributed by atoms with Crippen LogP contribution in [0.3, 0.4) is 0 Å². The molecule has 0 aromatic heterocycles. The summed E-state index contributed by atoms with van der Waals surface area (Å²) < 4.78 is 0. The molecule has 0 aliphatic rings. The molecule has 0 amide bonds. The molecular formula is H10Al4O17Si3. The van der Waals surface area contributed by atoms with Crippen LogP contribution in [0.25, 0.3) is 0 Å². The van der Waals surface area contributed by atoms with E-state index in [2.05, 4.69) is 0 Å². The molecule has 0 spiro atoms. The minimum absolute atomic E-state index is 0. The van der Waals surface area contributed by atoms with Crippen LogP contribution in [-0.4, -0.2) is 124 Å². The van der Waals surface area contributed by atoms with Gasteiger partial charge in [-0.1, -0.05) is 0 Å². The molecule has 0 aromatic rings. The molecule has 0 radical (unpaired) electrons. The van der Waals surface area contributed by atoms with E-state index in [4.69, 9.17) is 57.5 Å². The molecule has 17 nitrogen and oxygen atoms in total. The SMILES string of the molecule is O.O.O.O.O.[Al+3].[Al+3].[Al+3].[Al+3].[O-][Si]([O-])([O-])[O-].[O-][Si]([O-])([O-])[O-].[O-][Si]([O-])([O-])[O-]. The van der Waals surface area contributed by atoms with Gasteiger partial charge < -0.3 is 112 Å². The number of hydrogen-bond acceptors (Lipinski definition) is 12. The van der Waals surface area contributed by atoms with Crippen LogP contribution >= 0.6 is 0 Å². The molecule has 24 heteroatoms. The van der Waals surface area contributed by atoms with Gasteiger partial charge in [-0.25, -0.2) is 0 Å². The number of hydrogen-bond donors (Lipinski definition) is 0. The van der Waals surface area contributed by atoms with Gasteiger partial charge in [-0.05, 0) is 0 Å². The molecule has 0 aromatic carbocycles. The summed E-state index contributed by atoms with van der Waals surface area (Å²) in [5.74, 6) is 0. The molecule has 0 heterocycles. The smallest absolute Gasteiger partial charge is 0.894 e. The van der Waals surface area contributed by atoms with Crippen LogP contribution < -0.4 is 57.5 Å². The molecule has 0 unspecified atom stereocenters. The Kier molecular flexibility index (Phi) is 124. The van der Waals surface area contributed by atoms with Crippen molar-refractivity contribution in [2.45, 2.75) is 0 Å². The molecule has 0 rings (SSSR count). The van der Waals surface area contributed by atoms with Crippen molar-refractivity contribution in [3.05, 3.63) is 0 Å². The van der Waals surface area contributed by atoms with E-state index in [1.165, 1.54) is 0 Å². The van der Waals surface area contributed by atoms with Crippen molar-refractivity contribution < 1.29 is 84.9 Å². The van der Waals surface area contributed by atoms with Crippen LogP contribution in [0.4, 0.5) is 0 Å². The van der Waals surface area contributed by atoms with Crippen molar-refractivity contribution in [1.82, 2.24) is 0 Å². The van der Waals surface area contributed by atoms with Gasteiger partial charge in [0.2, 0.25) is 0 Å². The van der Waals surface area contributed by atoms with E-state index in [0.29, 0.717) is 0 Å². The van der Waals surface area contributed by atoms with E-state index in [9.17, 15) is 0 Å². The fraction of sp³-hybridized carbons (Fsp3) is 0. The zero-order valence-electron chi connectivity index (χ0n) is 11.2. The zero-order chi connectivity index (χ0) is 13.5. The Bertz CT molecular complexity index is 103. The van der Waals surface area contributed by atoms with Gasteiger partial charge >= 0.3 is 69.4 Å². The molecule has 0 aliphatic carbocycles. The molecular weight excluding hydrogens is 464 g/mol. The maximum Gasteiger partial charge on any atom is 3.00 e. The van der Waals surface area contributed by atoms with E-state index < -0.39 is 27.1 Å². The maximum atomic E-state index is 8.58. The fourth-order valence-corrected chi connectivity index (χ4v) is 0. The van der Waals surface area contributed by atoms with Crippen LogP contribution in [0.5, 0.6) is 0 Å². The van der Waals surface area contributed by atoms with Crippen LogP contribution in [-0.2, 0) is 0 Å². The van der Waals surface area contributed by atoms with Gasteiger partial charge in [-0.3, -0.25) is 0 Å². The Morgan fingerprint density at radius 3 is 0.250 bits per heavy atom. The molecule has 0 atom stereocenters. The second-order valence-corrected chi connectivity index (χ2v) is 4.50. The van der Waals surface area contributed by atoms with E-state index in [1.807, 2.05) is 0 Å². The van der Waals surface area contributed by atoms with Crippen LogP contribution in [0.2, 0.25) is 0 Å². The Labute approximate surface area is 180 Å². The molecule has 0 saturated carbocycles. The zero-order valence-corrected chi connectivity index (χ0v) is 18.8. The normalized spacial score (nSPS) is 7.50. The Morgan fingerprint density at radius 1 is 0.250 bits per heavy atom. The molecule has 10 N–H and O–H groups in total. The molecule has 0 bridgehead atoms. The van der Waals surface area contributed by atoms with E-state index in [-0.39, 0.29) is 96.8 Å². The monoisotopic (exact) mass is 474 g/mol. The van der Waals surface area contributed by atoms with Crippen molar-refractivity contribution in [2.24, 2.45) is 0 Å². The first-order chi connectivity index (χ1) is 6.00. The minimum atomic E-state index is -5.61. The molecule has 0 fully saturated rings. The predicted octanol–water partition coefficient (Wildman–Crippen LogP) is -21.1. The standard InChI is InChI=1S/4Al.3O4Si.5H2O/c;;;;3*1-5(2,3)4;;;;;/h;;;;;;;5*1H2/q4*+3;3*-4;;;;;. The van der Waals surface area contributed by atoms with Crippen LogP contribution in [0.1, 0.15) is 0 Å². The van der Waals surface area contributed by atoms with Crippen LogP contribution in [0.15, 0.2) is 0 Å². The first-order valence-corrected chi connectivity index (χ1v) is 7.35. The largest absolute Gasteiger partial charge is 3.00 e. The summed E-state index contributed by atoms with van der Waals surface area (Å²) in [7, 11) is -16.8. The summed E-state index contributed by atoms with van der Waals surface area (Å²) in [6, 6.07) is 0. The maximum absolute atomic E-state index is 8.58. The van der Waals surface area contributed by atoms with Gasteiger partial charge in [0.1, 0.15) is 0 Å². The van der Waals surface area contributed by atoms with Crippen molar-refractivity contribution in [1.29, 1.82) is 0 Å².